The maximum atomic E-state index is 10.3. The molecule has 0 saturated carbocycles. The first-order valence-corrected chi connectivity index (χ1v) is 4.27. The number of carbonyl (C=O) groups excluding carboxylic acids is 1. The average Bonchev–Trinajstić information content (AvgIpc) is 2.24. The standard InChI is InChI=1S/C10H12N2O3/c1-3-4-7-8(14-2)5-12-10(11)9(7)15-6-13/h3,5-6H,1,4H2,2H3,(H2,11,12). The van der Waals surface area contributed by atoms with E-state index in [9.17, 15) is 4.79 Å². The molecule has 0 atom stereocenters. The number of carbonyl (C=O) groups is 1. The van der Waals surface area contributed by atoms with Gasteiger partial charge in [-0.2, -0.15) is 0 Å². The Morgan fingerprint density at radius 1 is 1.67 bits per heavy atom. The normalized spacial score (nSPS) is 9.40. The zero-order valence-electron chi connectivity index (χ0n) is 8.40. The van der Waals surface area contributed by atoms with Gasteiger partial charge in [-0.1, -0.05) is 6.08 Å². The van der Waals surface area contributed by atoms with E-state index in [4.69, 9.17) is 15.2 Å². The minimum atomic E-state index is 0.153. The predicted octanol–water partition coefficient (Wildman–Crippen LogP) is 0.936. The zero-order valence-corrected chi connectivity index (χ0v) is 8.40. The maximum absolute atomic E-state index is 10.3. The van der Waals surface area contributed by atoms with Gasteiger partial charge in [0.25, 0.3) is 6.47 Å². The molecule has 0 aliphatic rings. The molecule has 0 bridgehead atoms. The highest BCUT2D eigenvalue weighted by Crippen LogP contribution is 2.32. The van der Waals surface area contributed by atoms with Crippen LogP contribution in [0.1, 0.15) is 5.56 Å². The molecule has 1 aromatic heterocycles. The lowest BCUT2D eigenvalue weighted by Crippen LogP contribution is -2.03. The minimum absolute atomic E-state index is 0.153. The van der Waals surface area contributed by atoms with Crippen LogP contribution < -0.4 is 15.2 Å². The van der Waals surface area contributed by atoms with Gasteiger partial charge in [-0.05, 0) is 6.42 Å². The highest BCUT2D eigenvalue weighted by atomic mass is 16.5. The third-order valence-corrected chi connectivity index (χ3v) is 1.86. The molecule has 1 rings (SSSR count). The number of pyridine rings is 1. The number of nitrogens with zero attached hydrogens (tertiary/aromatic N) is 1. The topological polar surface area (TPSA) is 74.4 Å². The van der Waals surface area contributed by atoms with Crippen LogP contribution in [-0.2, 0) is 11.2 Å². The molecule has 0 aliphatic heterocycles. The fourth-order valence-electron chi connectivity index (χ4n) is 1.22. The molecule has 15 heavy (non-hydrogen) atoms. The summed E-state index contributed by atoms with van der Waals surface area (Å²) in [6.07, 6.45) is 3.62. The second-order valence-electron chi connectivity index (χ2n) is 2.73. The van der Waals surface area contributed by atoms with Crippen molar-refractivity contribution in [2.75, 3.05) is 12.8 Å². The Bertz CT molecular complexity index is 377. The SMILES string of the molecule is C=CCc1c(OC)cnc(N)c1OC=O. The van der Waals surface area contributed by atoms with E-state index in [1.807, 2.05) is 0 Å². The highest BCUT2D eigenvalue weighted by molar-refractivity contribution is 5.61. The molecule has 0 amide bonds. The van der Waals surface area contributed by atoms with Crippen molar-refractivity contribution in [3.63, 3.8) is 0 Å². The molecule has 0 radical (unpaired) electrons. The second-order valence-corrected chi connectivity index (χ2v) is 2.73. The number of nitrogen functional groups attached to an aromatic ring is 1. The largest absolute Gasteiger partial charge is 0.495 e. The van der Waals surface area contributed by atoms with Gasteiger partial charge in [0.15, 0.2) is 11.6 Å². The quantitative estimate of drug-likeness (QED) is 0.575. The van der Waals surface area contributed by atoms with Gasteiger partial charge >= 0.3 is 0 Å². The average molecular weight is 208 g/mol. The van der Waals surface area contributed by atoms with Crippen LogP contribution in [0.5, 0.6) is 11.5 Å². The summed E-state index contributed by atoms with van der Waals surface area (Å²) in [4.78, 5) is 14.2. The Morgan fingerprint density at radius 3 is 2.93 bits per heavy atom. The van der Waals surface area contributed by atoms with Gasteiger partial charge in [-0.15, -0.1) is 6.58 Å². The van der Waals surface area contributed by atoms with Crippen LogP contribution in [0.2, 0.25) is 0 Å². The Hall–Kier alpha value is -2.04. The van der Waals surface area contributed by atoms with Crippen LogP contribution in [0.25, 0.3) is 0 Å². The van der Waals surface area contributed by atoms with Gasteiger partial charge in [0.1, 0.15) is 5.75 Å². The zero-order chi connectivity index (χ0) is 11.3. The summed E-state index contributed by atoms with van der Waals surface area (Å²) in [6.45, 7) is 3.91. The van der Waals surface area contributed by atoms with E-state index in [2.05, 4.69) is 11.6 Å². The number of rotatable bonds is 5. The number of aromatic nitrogens is 1. The van der Waals surface area contributed by atoms with Crippen molar-refractivity contribution in [1.82, 2.24) is 4.98 Å². The third-order valence-electron chi connectivity index (χ3n) is 1.86. The minimum Gasteiger partial charge on any atom is -0.495 e. The number of hydrogen-bond acceptors (Lipinski definition) is 5. The maximum Gasteiger partial charge on any atom is 0.298 e. The molecule has 5 heteroatoms. The molecule has 0 fully saturated rings. The Labute approximate surface area is 87.5 Å². The first-order chi connectivity index (χ1) is 7.24. The van der Waals surface area contributed by atoms with Gasteiger partial charge in [0.2, 0.25) is 0 Å². The van der Waals surface area contributed by atoms with Crippen LogP contribution in [0.4, 0.5) is 5.82 Å². The first-order valence-electron chi connectivity index (χ1n) is 4.27. The third kappa shape index (κ3) is 2.25. The Balaban J connectivity index is 3.28. The molecule has 5 nitrogen and oxygen atoms in total. The monoisotopic (exact) mass is 208 g/mol. The van der Waals surface area contributed by atoms with Crippen LogP contribution in [0.15, 0.2) is 18.9 Å². The molecule has 0 aromatic carbocycles. The molecule has 0 aliphatic carbocycles. The van der Waals surface area contributed by atoms with E-state index in [0.29, 0.717) is 24.2 Å². The van der Waals surface area contributed by atoms with Gasteiger partial charge < -0.3 is 15.2 Å². The van der Waals surface area contributed by atoms with Crippen molar-refractivity contribution in [3.05, 3.63) is 24.4 Å². The van der Waals surface area contributed by atoms with Crippen molar-refractivity contribution >= 4 is 12.3 Å². The number of hydrogen-bond donors (Lipinski definition) is 1. The van der Waals surface area contributed by atoms with Crippen molar-refractivity contribution in [3.8, 4) is 11.5 Å². The van der Waals surface area contributed by atoms with Gasteiger partial charge in [-0.3, -0.25) is 4.79 Å². The van der Waals surface area contributed by atoms with Crippen molar-refractivity contribution in [1.29, 1.82) is 0 Å². The summed E-state index contributed by atoms with van der Waals surface area (Å²) in [5.74, 6) is 0.893. The number of allylic oxidation sites excluding steroid dienone is 1. The summed E-state index contributed by atoms with van der Waals surface area (Å²) in [5.41, 5.74) is 6.24. The molecular formula is C10H12N2O3. The lowest BCUT2D eigenvalue weighted by atomic mass is 10.1. The van der Waals surface area contributed by atoms with Gasteiger partial charge in [-0.25, -0.2) is 4.98 Å². The Kier molecular flexibility index (Phi) is 3.68. The molecule has 2 N–H and O–H groups in total. The van der Waals surface area contributed by atoms with E-state index < -0.39 is 0 Å². The first kappa shape index (κ1) is 11.0. The summed E-state index contributed by atoms with van der Waals surface area (Å²) in [5, 5.41) is 0. The van der Waals surface area contributed by atoms with Gasteiger partial charge in [0, 0.05) is 5.56 Å². The van der Waals surface area contributed by atoms with E-state index >= 15 is 0 Å². The van der Waals surface area contributed by atoms with Crippen molar-refractivity contribution < 1.29 is 14.3 Å². The number of anilines is 1. The van der Waals surface area contributed by atoms with Gasteiger partial charge in [0.05, 0.1) is 13.3 Å². The molecule has 80 valence electrons. The van der Waals surface area contributed by atoms with Crippen molar-refractivity contribution in [2.45, 2.75) is 6.42 Å². The number of nitrogens with two attached hydrogens (primary N) is 1. The Morgan fingerprint density at radius 2 is 2.40 bits per heavy atom. The molecule has 1 heterocycles. The summed E-state index contributed by atoms with van der Waals surface area (Å²) in [7, 11) is 1.50. The fraction of sp³-hybridized carbons (Fsp3) is 0.200. The van der Waals surface area contributed by atoms with E-state index in [-0.39, 0.29) is 11.6 Å². The van der Waals surface area contributed by atoms with Crippen LogP contribution >= 0.6 is 0 Å². The molecular weight excluding hydrogens is 196 g/mol. The van der Waals surface area contributed by atoms with E-state index in [1.165, 1.54) is 13.3 Å². The summed E-state index contributed by atoms with van der Waals surface area (Å²) in [6, 6.07) is 0. The predicted molar refractivity (Wildman–Crippen MR) is 55.8 cm³/mol. The summed E-state index contributed by atoms with van der Waals surface area (Å²) >= 11 is 0. The lowest BCUT2D eigenvalue weighted by Gasteiger charge is -2.11. The second kappa shape index (κ2) is 4.99. The van der Waals surface area contributed by atoms with Crippen molar-refractivity contribution in [2.24, 2.45) is 0 Å². The number of methoxy groups -OCH3 is 1. The molecule has 0 spiro atoms. The summed E-state index contributed by atoms with van der Waals surface area (Å²) < 4.78 is 9.85. The van der Waals surface area contributed by atoms with Crippen LogP contribution in [0.3, 0.4) is 0 Å². The van der Waals surface area contributed by atoms with E-state index in [1.54, 1.807) is 6.08 Å². The van der Waals surface area contributed by atoms with Crippen LogP contribution in [-0.4, -0.2) is 18.6 Å². The smallest absolute Gasteiger partial charge is 0.298 e. The molecule has 0 saturated heterocycles. The lowest BCUT2D eigenvalue weighted by molar-refractivity contribution is -0.120. The molecule has 0 unspecified atom stereocenters. The van der Waals surface area contributed by atoms with Crippen LogP contribution in [0, 0.1) is 0 Å². The fourth-order valence-corrected chi connectivity index (χ4v) is 1.22. The van der Waals surface area contributed by atoms with E-state index in [0.717, 1.165) is 0 Å². The highest BCUT2D eigenvalue weighted by Gasteiger charge is 2.14. The number of ether oxygens (including phenoxy) is 2. The molecule has 1 aromatic rings.